The zero-order valence-electron chi connectivity index (χ0n) is 13.9. The van der Waals surface area contributed by atoms with Crippen LogP contribution < -0.4 is 0 Å². The monoisotopic (exact) mass is 354 g/mol. The first-order valence-corrected chi connectivity index (χ1v) is 8.95. The minimum Gasteiger partial charge on any atom is -0.455 e. The van der Waals surface area contributed by atoms with E-state index in [1.807, 2.05) is 42.5 Å². The number of halogens is 1. The highest BCUT2D eigenvalue weighted by Crippen LogP contribution is 2.36. The maximum Gasteiger partial charge on any atom is 0.143 e. The van der Waals surface area contributed by atoms with Gasteiger partial charge < -0.3 is 4.42 Å². The molecule has 124 valence electrons. The van der Waals surface area contributed by atoms with Gasteiger partial charge >= 0.3 is 0 Å². The molecule has 0 aliphatic rings. The van der Waals surface area contributed by atoms with Crippen molar-refractivity contribution in [2.75, 3.05) is 0 Å². The van der Waals surface area contributed by atoms with E-state index in [2.05, 4.69) is 48.5 Å². The van der Waals surface area contributed by atoms with E-state index in [1.165, 1.54) is 0 Å². The van der Waals surface area contributed by atoms with Gasteiger partial charge in [-0.15, -0.1) is 0 Å². The van der Waals surface area contributed by atoms with Crippen molar-refractivity contribution < 1.29 is 4.42 Å². The predicted octanol–water partition coefficient (Wildman–Crippen LogP) is 7.57. The summed E-state index contributed by atoms with van der Waals surface area (Å²) < 4.78 is 6.15. The van der Waals surface area contributed by atoms with Gasteiger partial charge in [0, 0.05) is 26.9 Å². The van der Waals surface area contributed by atoms with E-state index in [0.29, 0.717) is 0 Å². The van der Waals surface area contributed by atoms with Crippen LogP contribution in [0, 0.1) is 0 Å². The Hall–Kier alpha value is -3.03. The molecular formula is C24H15ClO. The van der Waals surface area contributed by atoms with Crippen molar-refractivity contribution in [3.8, 4) is 22.3 Å². The van der Waals surface area contributed by atoms with Gasteiger partial charge in [-0.2, -0.15) is 0 Å². The molecule has 0 spiro atoms. The lowest BCUT2D eigenvalue weighted by molar-refractivity contribution is 0.670. The molecule has 0 amide bonds. The highest BCUT2D eigenvalue weighted by atomic mass is 35.5. The van der Waals surface area contributed by atoms with Crippen molar-refractivity contribution in [3.63, 3.8) is 0 Å². The van der Waals surface area contributed by atoms with Gasteiger partial charge in [0.2, 0.25) is 0 Å². The van der Waals surface area contributed by atoms with Gasteiger partial charge in [-0.3, -0.25) is 0 Å². The maximum absolute atomic E-state index is 6.32. The molecule has 0 aliphatic carbocycles. The summed E-state index contributed by atoms with van der Waals surface area (Å²) in [6.07, 6.45) is 0. The largest absolute Gasteiger partial charge is 0.455 e. The van der Waals surface area contributed by atoms with Crippen LogP contribution in [0.5, 0.6) is 0 Å². The molecular weight excluding hydrogens is 340 g/mol. The van der Waals surface area contributed by atoms with Crippen LogP contribution in [0.4, 0.5) is 0 Å². The van der Waals surface area contributed by atoms with Crippen LogP contribution in [0.15, 0.2) is 95.4 Å². The van der Waals surface area contributed by atoms with Gasteiger partial charge in [0.05, 0.1) is 0 Å². The van der Waals surface area contributed by atoms with Crippen molar-refractivity contribution in [2.45, 2.75) is 0 Å². The zero-order valence-corrected chi connectivity index (χ0v) is 14.7. The number of rotatable bonds is 2. The second-order valence-electron chi connectivity index (χ2n) is 6.34. The standard InChI is InChI=1S/C24H15ClO/c25-22-10-3-1-6-18(22)16-12-14-17(15-13-16)19-8-5-9-21-20-7-2-4-11-23(20)26-24(19)21/h1-15H. The number of para-hydroxylation sites is 2. The number of hydrogen-bond acceptors (Lipinski definition) is 1. The lowest BCUT2D eigenvalue weighted by Gasteiger charge is -2.07. The summed E-state index contributed by atoms with van der Waals surface area (Å²) in [4.78, 5) is 0. The number of hydrogen-bond donors (Lipinski definition) is 0. The molecule has 0 aliphatic heterocycles. The molecule has 0 unspecified atom stereocenters. The van der Waals surface area contributed by atoms with Gasteiger partial charge in [-0.1, -0.05) is 90.5 Å². The molecule has 1 nitrogen and oxygen atoms in total. The topological polar surface area (TPSA) is 13.1 Å². The van der Waals surface area contributed by atoms with E-state index in [-0.39, 0.29) is 0 Å². The van der Waals surface area contributed by atoms with E-state index >= 15 is 0 Å². The Kier molecular flexibility index (Phi) is 3.55. The van der Waals surface area contributed by atoms with Crippen molar-refractivity contribution >= 4 is 33.5 Å². The minimum atomic E-state index is 0.764. The second-order valence-corrected chi connectivity index (χ2v) is 6.74. The molecule has 0 saturated carbocycles. The Morgan fingerprint density at radius 3 is 1.96 bits per heavy atom. The van der Waals surface area contributed by atoms with E-state index in [9.17, 15) is 0 Å². The molecule has 1 aromatic heterocycles. The van der Waals surface area contributed by atoms with E-state index in [4.69, 9.17) is 16.0 Å². The smallest absolute Gasteiger partial charge is 0.143 e. The molecule has 5 aromatic rings. The summed E-state index contributed by atoms with van der Waals surface area (Å²) in [6, 6.07) is 30.8. The maximum atomic E-state index is 6.32. The Morgan fingerprint density at radius 2 is 1.15 bits per heavy atom. The Balaban J connectivity index is 1.65. The van der Waals surface area contributed by atoms with Crippen molar-refractivity contribution in [3.05, 3.63) is 96.0 Å². The first kappa shape index (κ1) is 15.2. The van der Waals surface area contributed by atoms with Gasteiger partial charge in [0.25, 0.3) is 0 Å². The van der Waals surface area contributed by atoms with Crippen molar-refractivity contribution in [1.29, 1.82) is 0 Å². The molecule has 2 heteroatoms. The predicted molar refractivity (Wildman–Crippen MR) is 110 cm³/mol. The van der Waals surface area contributed by atoms with Crippen LogP contribution >= 0.6 is 11.6 Å². The molecule has 0 bridgehead atoms. The number of benzene rings is 4. The first-order valence-electron chi connectivity index (χ1n) is 8.57. The molecule has 0 saturated heterocycles. The van der Waals surface area contributed by atoms with Gasteiger partial charge in [-0.25, -0.2) is 0 Å². The minimum absolute atomic E-state index is 0.764. The Morgan fingerprint density at radius 1 is 0.538 bits per heavy atom. The Bertz CT molecular complexity index is 1230. The third kappa shape index (κ3) is 2.40. The molecule has 0 fully saturated rings. The summed E-state index contributed by atoms with van der Waals surface area (Å²) in [5.74, 6) is 0. The third-order valence-corrected chi connectivity index (χ3v) is 5.11. The molecule has 0 N–H and O–H groups in total. The third-order valence-electron chi connectivity index (χ3n) is 4.79. The zero-order chi connectivity index (χ0) is 17.5. The molecule has 26 heavy (non-hydrogen) atoms. The average Bonchev–Trinajstić information content (AvgIpc) is 3.07. The fourth-order valence-electron chi connectivity index (χ4n) is 3.50. The number of furan rings is 1. The van der Waals surface area contributed by atoms with Crippen LogP contribution in [0.2, 0.25) is 5.02 Å². The quantitative estimate of drug-likeness (QED) is 0.318. The van der Waals surface area contributed by atoms with Crippen molar-refractivity contribution in [1.82, 2.24) is 0 Å². The van der Waals surface area contributed by atoms with Gasteiger partial charge in [0.15, 0.2) is 0 Å². The average molecular weight is 355 g/mol. The second kappa shape index (κ2) is 6.05. The molecule has 0 radical (unpaired) electrons. The molecule has 0 atom stereocenters. The van der Waals surface area contributed by atoms with Crippen LogP contribution in [0.1, 0.15) is 0 Å². The summed E-state index contributed by atoms with van der Waals surface area (Å²) >= 11 is 6.32. The molecule has 4 aromatic carbocycles. The van der Waals surface area contributed by atoms with Gasteiger partial charge in [0.1, 0.15) is 11.2 Å². The van der Waals surface area contributed by atoms with Crippen LogP contribution in [-0.4, -0.2) is 0 Å². The van der Waals surface area contributed by atoms with E-state index in [1.54, 1.807) is 0 Å². The van der Waals surface area contributed by atoms with E-state index < -0.39 is 0 Å². The molecule has 1 heterocycles. The van der Waals surface area contributed by atoms with Crippen molar-refractivity contribution in [2.24, 2.45) is 0 Å². The summed E-state index contributed by atoms with van der Waals surface area (Å²) in [5.41, 5.74) is 6.23. The number of fused-ring (bicyclic) bond motifs is 3. The highest BCUT2D eigenvalue weighted by molar-refractivity contribution is 6.33. The van der Waals surface area contributed by atoms with E-state index in [0.717, 1.165) is 49.2 Å². The summed E-state index contributed by atoms with van der Waals surface area (Å²) in [5, 5.41) is 3.06. The van der Waals surface area contributed by atoms with Crippen LogP contribution in [-0.2, 0) is 0 Å². The normalized spacial score (nSPS) is 11.3. The Labute approximate surface area is 156 Å². The van der Waals surface area contributed by atoms with Crippen LogP contribution in [0.25, 0.3) is 44.2 Å². The highest BCUT2D eigenvalue weighted by Gasteiger charge is 2.12. The fraction of sp³-hybridized carbons (Fsp3) is 0. The summed E-state index contributed by atoms with van der Waals surface area (Å²) in [7, 11) is 0. The fourth-order valence-corrected chi connectivity index (χ4v) is 3.74. The summed E-state index contributed by atoms with van der Waals surface area (Å²) in [6.45, 7) is 0. The van der Waals surface area contributed by atoms with Crippen LogP contribution in [0.3, 0.4) is 0 Å². The SMILES string of the molecule is Clc1ccccc1-c1ccc(-c2cccc3c2oc2ccccc23)cc1. The van der Waals surface area contributed by atoms with Gasteiger partial charge in [-0.05, 0) is 23.3 Å². The molecule has 5 rings (SSSR count). The lowest BCUT2D eigenvalue weighted by Crippen LogP contribution is -1.82. The first-order chi connectivity index (χ1) is 12.8. The lowest BCUT2D eigenvalue weighted by atomic mass is 9.99.